The fourth-order valence-corrected chi connectivity index (χ4v) is 2.46. The molecule has 8 heteroatoms. The van der Waals surface area contributed by atoms with Crippen molar-refractivity contribution >= 4 is 40.4 Å². The van der Waals surface area contributed by atoms with Crippen LogP contribution in [-0.2, 0) is 9.59 Å². The molecule has 1 aliphatic rings. The fraction of sp³-hybridized carbons (Fsp3) is 0.167. The van der Waals surface area contributed by atoms with Gasteiger partial charge in [0.25, 0.3) is 5.91 Å². The van der Waals surface area contributed by atoms with E-state index in [1.54, 1.807) is 6.07 Å². The first kappa shape index (κ1) is 14.1. The topological polar surface area (TPSA) is 122 Å². The van der Waals surface area contributed by atoms with Crippen LogP contribution < -0.4 is 11.1 Å². The van der Waals surface area contributed by atoms with Gasteiger partial charge >= 0.3 is 5.97 Å². The van der Waals surface area contributed by atoms with Gasteiger partial charge < -0.3 is 16.2 Å². The largest absolute Gasteiger partial charge is 0.478 e. The molecular weight excluding hydrogens is 282 g/mol. The van der Waals surface area contributed by atoms with Gasteiger partial charge in [-0.3, -0.25) is 9.59 Å². The number of nitrogens with zero attached hydrogens (tertiary/aromatic N) is 1. The van der Waals surface area contributed by atoms with Gasteiger partial charge in [0.1, 0.15) is 5.25 Å². The number of carbonyl (C=O) groups excluding carboxylic acids is 2. The van der Waals surface area contributed by atoms with Crippen LogP contribution in [0, 0.1) is 0 Å². The molecule has 0 unspecified atom stereocenters. The number of anilines is 1. The smallest absolute Gasteiger partial charge is 0.335 e. The Bertz CT molecular complexity index is 614. The zero-order chi connectivity index (χ0) is 14.7. The number of carboxylic acids is 1. The van der Waals surface area contributed by atoms with Crippen LogP contribution in [0.25, 0.3) is 0 Å². The molecule has 7 nitrogen and oxygen atoms in total. The van der Waals surface area contributed by atoms with Crippen molar-refractivity contribution in [1.82, 2.24) is 0 Å². The number of aromatic carboxylic acids is 1. The van der Waals surface area contributed by atoms with E-state index in [4.69, 9.17) is 10.8 Å². The third-order valence-corrected chi connectivity index (χ3v) is 3.51. The second-order valence-corrected chi connectivity index (χ2v) is 5.26. The van der Waals surface area contributed by atoms with E-state index in [2.05, 4.69) is 10.3 Å². The molecule has 1 atom stereocenters. The quantitative estimate of drug-likeness (QED) is 0.750. The van der Waals surface area contributed by atoms with E-state index in [1.807, 2.05) is 0 Å². The van der Waals surface area contributed by atoms with Crippen LogP contribution in [0.15, 0.2) is 29.3 Å². The molecule has 0 aromatic heterocycles. The number of hydrogen-bond donors (Lipinski definition) is 3. The summed E-state index contributed by atoms with van der Waals surface area (Å²) in [6, 6.07) is 5.85. The predicted molar refractivity (Wildman–Crippen MR) is 74.7 cm³/mol. The van der Waals surface area contributed by atoms with E-state index >= 15 is 0 Å². The van der Waals surface area contributed by atoms with E-state index < -0.39 is 23.0 Å². The van der Waals surface area contributed by atoms with Crippen molar-refractivity contribution < 1.29 is 19.5 Å². The van der Waals surface area contributed by atoms with Crippen LogP contribution in [0.2, 0.25) is 0 Å². The summed E-state index contributed by atoms with van der Waals surface area (Å²) < 4.78 is 0. The first-order valence-electron chi connectivity index (χ1n) is 5.63. The maximum atomic E-state index is 11.8. The summed E-state index contributed by atoms with van der Waals surface area (Å²) in [4.78, 5) is 37.5. The van der Waals surface area contributed by atoms with Gasteiger partial charge in [-0.2, -0.15) is 4.99 Å². The van der Waals surface area contributed by atoms with Crippen LogP contribution in [0.4, 0.5) is 5.69 Å². The normalized spacial score (nSPS) is 17.7. The third kappa shape index (κ3) is 3.35. The first-order chi connectivity index (χ1) is 9.45. The maximum Gasteiger partial charge on any atom is 0.335 e. The summed E-state index contributed by atoms with van der Waals surface area (Å²) in [5, 5.41) is 10.9. The molecule has 0 radical (unpaired) electrons. The second-order valence-electron chi connectivity index (χ2n) is 4.03. The van der Waals surface area contributed by atoms with Gasteiger partial charge in [0.2, 0.25) is 5.91 Å². The maximum absolute atomic E-state index is 11.8. The van der Waals surface area contributed by atoms with Crippen LogP contribution in [0.1, 0.15) is 16.8 Å². The summed E-state index contributed by atoms with van der Waals surface area (Å²) in [7, 11) is 0. The molecule has 0 fully saturated rings. The van der Waals surface area contributed by atoms with Gasteiger partial charge in [-0.25, -0.2) is 4.79 Å². The Labute approximate surface area is 118 Å². The highest BCUT2D eigenvalue weighted by molar-refractivity contribution is 8.15. The average Bonchev–Trinajstić information content (AvgIpc) is 2.67. The molecule has 0 spiro atoms. The van der Waals surface area contributed by atoms with Crippen LogP contribution in [-0.4, -0.2) is 33.3 Å². The van der Waals surface area contributed by atoms with Crippen molar-refractivity contribution in [3.05, 3.63) is 29.8 Å². The Hall–Kier alpha value is -2.35. The number of carboxylic acid groups (broad SMARTS) is 1. The molecule has 104 valence electrons. The molecule has 0 saturated heterocycles. The van der Waals surface area contributed by atoms with Crippen molar-refractivity contribution in [3.8, 4) is 0 Å². The van der Waals surface area contributed by atoms with Crippen molar-refractivity contribution in [2.45, 2.75) is 11.7 Å². The molecule has 2 rings (SSSR count). The Morgan fingerprint density at radius 3 is 2.80 bits per heavy atom. The molecule has 0 saturated carbocycles. The van der Waals surface area contributed by atoms with Crippen molar-refractivity contribution in [2.24, 2.45) is 10.7 Å². The second kappa shape index (κ2) is 5.74. The number of nitrogens with one attached hydrogen (secondary N) is 1. The number of amides is 2. The molecule has 0 aliphatic carbocycles. The predicted octanol–water partition coefficient (Wildman–Crippen LogP) is 0.670. The van der Waals surface area contributed by atoms with Gasteiger partial charge in [0.15, 0.2) is 5.17 Å². The van der Waals surface area contributed by atoms with E-state index in [-0.39, 0.29) is 17.2 Å². The molecule has 1 aliphatic heterocycles. The molecule has 1 heterocycles. The summed E-state index contributed by atoms with van der Waals surface area (Å²) >= 11 is 1.04. The molecule has 4 N–H and O–H groups in total. The van der Waals surface area contributed by atoms with E-state index in [0.717, 1.165) is 11.8 Å². The SMILES string of the molecule is NC1=NC(=O)[C@H](CC(=O)Nc2cccc(C(=O)O)c2)S1. The lowest BCUT2D eigenvalue weighted by Gasteiger charge is -2.08. The Morgan fingerprint density at radius 1 is 1.45 bits per heavy atom. The number of hydrogen-bond acceptors (Lipinski definition) is 5. The van der Waals surface area contributed by atoms with E-state index in [1.165, 1.54) is 18.2 Å². The summed E-state index contributed by atoms with van der Waals surface area (Å²) in [5.74, 6) is -1.91. The number of thioether (sulfide) groups is 1. The Kier molecular flexibility index (Phi) is 4.04. The lowest BCUT2D eigenvalue weighted by molar-refractivity contribution is -0.121. The van der Waals surface area contributed by atoms with E-state index in [9.17, 15) is 14.4 Å². The lowest BCUT2D eigenvalue weighted by Crippen LogP contribution is -2.21. The zero-order valence-corrected chi connectivity index (χ0v) is 11.0. The minimum absolute atomic E-state index is 0.0645. The van der Waals surface area contributed by atoms with E-state index in [0.29, 0.717) is 5.69 Å². The van der Waals surface area contributed by atoms with Crippen molar-refractivity contribution in [3.63, 3.8) is 0 Å². The summed E-state index contributed by atoms with van der Waals surface area (Å²) in [6.45, 7) is 0. The molecule has 20 heavy (non-hydrogen) atoms. The summed E-state index contributed by atoms with van der Waals surface area (Å²) in [5.41, 5.74) is 5.82. The summed E-state index contributed by atoms with van der Waals surface area (Å²) in [6.07, 6.45) is -0.0645. The van der Waals surface area contributed by atoms with Gasteiger partial charge in [-0.1, -0.05) is 17.8 Å². The van der Waals surface area contributed by atoms with Crippen LogP contribution >= 0.6 is 11.8 Å². The standard InChI is InChI=1S/C12H11N3O4S/c13-12-15-10(17)8(20-12)5-9(16)14-7-3-1-2-6(4-7)11(18)19/h1-4,8H,5H2,(H,14,16)(H,18,19)(H2,13,15,17)/t8-/m0/s1. The monoisotopic (exact) mass is 293 g/mol. The minimum Gasteiger partial charge on any atom is -0.478 e. The Morgan fingerprint density at radius 2 is 2.20 bits per heavy atom. The number of rotatable bonds is 4. The molecular formula is C12H11N3O4S. The van der Waals surface area contributed by atoms with Gasteiger partial charge in [0, 0.05) is 12.1 Å². The van der Waals surface area contributed by atoms with Crippen molar-refractivity contribution in [2.75, 3.05) is 5.32 Å². The minimum atomic E-state index is -1.08. The zero-order valence-electron chi connectivity index (χ0n) is 10.2. The highest BCUT2D eigenvalue weighted by Gasteiger charge is 2.29. The third-order valence-electron chi connectivity index (χ3n) is 2.52. The number of benzene rings is 1. The molecule has 2 amide bonds. The molecule has 1 aromatic carbocycles. The van der Waals surface area contributed by atoms with Gasteiger partial charge in [0.05, 0.1) is 5.56 Å². The van der Waals surface area contributed by atoms with Gasteiger partial charge in [-0.05, 0) is 18.2 Å². The number of amidine groups is 1. The highest BCUT2D eigenvalue weighted by Crippen LogP contribution is 2.23. The fourth-order valence-electron chi connectivity index (χ4n) is 1.64. The Balaban J connectivity index is 1.97. The highest BCUT2D eigenvalue weighted by atomic mass is 32.2. The van der Waals surface area contributed by atoms with Crippen molar-refractivity contribution in [1.29, 1.82) is 0 Å². The van der Waals surface area contributed by atoms with Crippen LogP contribution in [0.5, 0.6) is 0 Å². The molecule has 0 bridgehead atoms. The average molecular weight is 293 g/mol. The number of nitrogens with two attached hydrogens (primary N) is 1. The molecule has 1 aromatic rings. The number of aliphatic imine (C=N–C) groups is 1. The first-order valence-corrected chi connectivity index (χ1v) is 6.51. The van der Waals surface area contributed by atoms with Gasteiger partial charge in [-0.15, -0.1) is 0 Å². The van der Waals surface area contributed by atoms with Crippen LogP contribution in [0.3, 0.4) is 0 Å². The number of carbonyl (C=O) groups is 3. The lowest BCUT2D eigenvalue weighted by atomic mass is 10.2.